The van der Waals surface area contributed by atoms with Gasteiger partial charge in [0.15, 0.2) is 11.5 Å². The highest BCUT2D eigenvalue weighted by molar-refractivity contribution is 7.92. The molecule has 2 aromatic carbocycles. The van der Waals surface area contributed by atoms with Gasteiger partial charge in [0, 0.05) is 18.7 Å². The van der Waals surface area contributed by atoms with Crippen LogP contribution in [0.4, 0.5) is 5.69 Å². The lowest BCUT2D eigenvalue weighted by Crippen LogP contribution is -2.53. The number of amides is 2. The number of rotatable bonds is 12. The molecular weight excluding hydrogens is 522 g/mol. The van der Waals surface area contributed by atoms with Crippen molar-refractivity contribution in [2.24, 2.45) is 0 Å². The van der Waals surface area contributed by atoms with Gasteiger partial charge in [-0.3, -0.25) is 13.9 Å². The average Bonchev–Trinajstić information content (AvgIpc) is 3.63. The molecule has 0 radical (unpaired) electrons. The van der Waals surface area contributed by atoms with E-state index in [0.29, 0.717) is 29.4 Å². The number of hydrogen-bond acceptors (Lipinski definition) is 7. The molecule has 1 aliphatic heterocycles. The van der Waals surface area contributed by atoms with Crippen LogP contribution >= 0.6 is 0 Å². The van der Waals surface area contributed by atoms with Crippen LogP contribution in [0.25, 0.3) is 0 Å². The third-order valence-corrected chi connectivity index (χ3v) is 8.94. The maximum absolute atomic E-state index is 14.0. The lowest BCUT2D eigenvalue weighted by Gasteiger charge is -2.33. The Kier molecular flexibility index (Phi) is 9.21. The van der Waals surface area contributed by atoms with Gasteiger partial charge in [0.1, 0.15) is 18.3 Å². The summed E-state index contributed by atoms with van der Waals surface area (Å²) in [6.07, 6.45) is 4.33. The van der Waals surface area contributed by atoms with Gasteiger partial charge in [0.05, 0.1) is 18.6 Å². The number of hydrogen-bond donors (Lipinski definition) is 1. The molecular formula is C28H37N3O7S. The minimum absolute atomic E-state index is 0.0425. The van der Waals surface area contributed by atoms with Gasteiger partial charge in [-0.2, -0.15) is 0 Å². The monoisotopic (exact) mass is 559 g/mol. The van der Waals surface area contributed by atoms with Gasteiger partial charge in [0.2, 0.25) is 28.6 Å². The summed E-state index contributed by atoms with van der Waals surface area (Å²) in [6.45, 7) is 3.07. The van der Waals surface area contributed by atoms with Crippen molar-refractivity contribution in [3.63, 3.8) is 0 Å². The quantitative estimate of drug-likeness (QED) is 0.424. The number of fused-ring (bicyclic) bond motifs is 1. The van der Waals surface area contributed by atoms with Crippen LogP contribution in [0.15, 0.2) is 42.5 Å². The fourth-order valence-electron chi connectivity index (χ4n) is 5.01. The van der Waals surface area contributed by atoms with E-state index in [2.05, 4.69) is 5.32 Å². The molecule has 212 valence electrons. The van der Waals surface area contributed by atoms with Crippen molar-refractivity contribution in [1.29, 1.82) is 0 Å². The molecule has 1 atom stereocenters. The van der Waals surface area contributed by atoms with Crippen LogP contribution in [-0.2, 0) is 26.2 Å². The first kappa shape index (κ1) is 28.5. The number of anilines is 1. The Bertz CT molecular complexity index is 1280. The zero-order valence-electron chi connectivity index (χ0n) is 22.7. The summed E-state index contributed by atoms with van der Waals surface area (Å²) in [6, 6.07) is 11.4. The van der Waals surface area contributed by atoms with E-state index in [1.165, 1.54) is 11.8 Å². The van der Waals surface area contributed by atoms with Crippen LogP contribution in [0.5, 0.6) is 17.2 Å². The zero-order valence-corrected chi connectivity index (χ0v) is 23.5. The molecule has 2 amide bonds. The minimum Gasteiger partial charge on any atom is -0.497 e. The van der Waals surface area contributed by atoms with E-state index < -0.39 is 28.5 Å². The van der Waals surface area contributed by atoms with Gasteiger partial charge in [-0.05, 0) is 56.0 Å². The topological polar surface area (TPSA) is 114 Å². The highest BCUT2D eigenvalue weighted by Gasteiger charge is 2.34. The molecule has 1 saturated carbocycles. The van der Waals surface area contributed by atoms with Crippen LogP contribution in [-0.4, -0.2) is 63.4 Å². The molecule has 0 unspecified atom stereocenters. The number of nitrogens with one attached hydrogen (secondary N) is 1. The molecule has 0 spiro atoms. The molecule has 0 aromatic heterocycles. The first-order valence-corrected chi connectivity index (χ1v) is 15.0. The maximum atomic E-state index is 14.0. The van der Waals surface area contributed by atoms with Crippen LogP contribution in [0.2, 0.25) is 0 Å². The van der Waals surface area contributed by atoms with Crippen molar-refractivity contribution in [3.8, 4) is 17.2 Å². The molecule has 0 saturated heterocycles. The predicted molar refractivity (Wildman–Crippen MR) is 147 cm³/mol. The summed E-state index contributed by atoms with van der Waals surface area (Å²) in [7, 11) is -2.28. The van der Waals surface area contributed by atoms with Gasteiger partial charge in [-0.25, -0.2) is 8.42 Å². The molecule has 2 aromatic rings. The van der Waals surface area contributed by atoms with Crippen molar-refractivity contribution in [3.05, 3.63) is 48.0 Å². The predicted octanol–water partition coefficient (Wildman–Crippen LogP) is 3.45. The summed E-state index contributed by atoms with van der Waals surface area (Å²) in [5, 5.41) is 3.11. The molecule has 2 aliphatic rings. The molecule has 1 aliphatic carbocycles. The molecule has 39 heavy (non-hydrogen) atoms. The molecule has 1 heterocycles. The van der Waals surface area contributed by atoms with Gasteiger partial charge in [-0.15, -0.1) is 0 Å². The molecule has 10 nitrogen and oxygen atoms in total. The zero-order chi connectivity index (χ0) is 28.0. The molecule has 11 heteroatoms. The summed E-state index contributed by atoms with van der Waals surface area (Å²) in [5.74, 6) is 0.623. The normalized spacial score (nSPS) is 15.6. The Labute approximate surface area is 230 Å². The fourth-order valence-corrected chi connectivity index (χ4v) is 6.07. The number of carbonyl (C=O) groups is 2. The third-order valence-electron chi connectivity index (χ3n) is 7.20. The van der Waals surface area contributed by atoms with Crippen LogP contribution in [0.1, 0.15) is 51.5 Å². The highest BCUT2D eigenvalue weighted by atomic mass is 32.2. The number of ether oxygens (including phenoxy) is 3. The first-order valence-electron chi connectivity index (χ1n) is 13.4. The Morgan fingerprint density at radius 2 is 1.82 bits per heavy atom. The summed E-state index contributed by atoms with van der Waals surface area (Å²) in [5.41, 5.74) is 1.06. The smallest absolute Gasteiger partial charge is 0.244 e. The van der Waals surface area contributed by atoms with E-state index in [1.54, 1.807) is 37.4 Å². The molecule has 4 rings (SSSR count). The largest absolute Gasteiger partial charge is 0.497 e. The van der Waals surface area contributed by atoms with Crippen molar-refractivity contribution in [2.75, 3.05) is 30.5 Å². The van der Waals surface area contributed by atoms with E-state index in [9.17, 15) is 18.0 Å². The Morgan fingerprint density at radius 1 is 1.08 bits per heavy atom. The number of methoxy groups -OCH3 is 1. The molecule has 1 N–H and O–H groups in total. The SMILES string of the molecule is CC[C@@H](C(=O)NC1CCCC1)N(Cc1cccc(OC)c1)C(=O)CN(c1ccc2c(c1)OCO2)S(=O)(=O)CC. The highest BCUT2D eigenvalue weighted by Crippen LogP contribution is 2.36. The van der Waals surface area contributed by atoms with E-state index in [-0.39, 0.29) is 31.0 Å². The van der Waals surface area contributed by atoms with E-state index in [1.807, 2.05) is 19.1 Å². The van der Waals surface area contributed by atoms with Gasteiger partial charge < -0.3 is 24.4 Å². The van der Waals surface area contributed by atoms with Crippen LogP contribution in [0, 0.1) is 0 Å². The van der Waals surface area contributed by atoms with Crippen molar-refractivity contribution in [2.45, 2.75) is 64.6 Å². The maximum Gasteiger partial charge on any atom is 0.244 e. The second kappa shape index (κ2) is 12.6. The average molecular weight is 560 g/mol. The summed E-state index contributed by atoms with van der Waals surface area (Å²) >= 11 is 0. The summed E-state index contributed by atoms with van der Waals surface area (Å²) < 4.78 is 43.6. The summed E-state index contributed by atoms with van der Waals surface area (Å²) in [4.78, 5) is 28.9. The van der Waals surface area contributed by atoms with Crippen molar-refractivity contribution < 1.29 is 32.2 Å². The van der Waals surface area contributed by atoms with E-state index >= 15 is 0 Å². The number of benzene rings is 2. The lowest BCUT2D eigenvalue weighted by atomic mass is 10.1. The fraction of sp³-hybridized carbons (Fsp3) is 0.500. The number of nitrogens with zero attached hydrogens (tertiary/aromatic N) is 2. The van der Waals surface area contributed by atoms with E-state index in [4.69, 9.17) is 14.2 Å². The van der Waals surface area contributed by atoms with Crippen molar-refractivity contribution in [1.82, 2.24) is 10.2 Å². The molecule has 1 fully saturated rings. The van der Waals surface area contributed by atoms with Gasteiger partial charge >= 0.3 is 0 Å². The first-order chi connectivity index (χ1) is 18.7. The second-order valence-electron chi connectivity index (χ2n) is 9.73. The second-order valence-corrected chi connectivity index (χ2v) is 11.9. The molecule has 0 bridgehead atoms. The third kappa shape index (κ3) is 6.76. The Balaban J connectivity index is 1.65. The Hall–Kier alpha value is -3.47. The standard InChI is InChI=1S/C28H37N3O7S/c1-4-24(28(33)29-21-10-6-7-11-21)30(17-20-9-8-12-23(15-20)36-3)27(32)18-31(39(34,35)5-2)22-13-14-25-26(16-22)38-19-37-25/h8-9,12-16,21,24H,4-7,10-11,17-19H2,1-3H3,(H,29,33)/t24-/m0/s1. The van der Waals surface area contributed by atoms with E-state index in [0.717, 1.165) is 35.6 Å². The number of carbonyl (C=O) groups excluding carboxylic acids is 2. The van der Waals surface area contributed by atoms with Gasteiger partial charge in [0.25, 0.3) is 0 Å². The Morgan fingerprint density at radius 3 is 2.51 bits per heavy atom. The van der Waals surface area contributed by atoms with Crippen molar-refractivity contribution >= 4 is 27.5 Å². The van der Waals surface area contributed by atoms with Crippen LogP contribution < -0.4 is 23.8 Å². The lowest BCUT2D eigenvalue weighted by molar-refractivity contribution is -0.140. The van der Waals surface area contributed by atoms with Crippen LogP contribution in [0.3, 0.4) is 0 Å². The minimum atomic E-state index is -3.85. The number of sulfonamides is 1. The van der Waals surface area contributed by atoms with Gasteiger partial charge in [-0.1, -0.05) is 31.9 Å².